The SMILES string of the molecule is COc1ccsc1C(=O)CBr. The highest BCUT2D eigenvalue weighted by molar-refractivity contribution is 9.09. The van der Waals surface area contributed by atoms with Gasteiger partial charge >= 0.3 is 0 Å². The Labute approximate surface area is 77.3 Å². The highest BCUT2D eigenvalue weighted by Crippen LogP contribution is 2.25. The van der Waals surface area contributed by atoms with E-state index in [1.165, 1.54) is 11.3 Å². The first kappa shape index (κ1) is 8.74. The van der Waals surface area contributed by atoms with Crippen molar-refractivity contribution >= 4 is 33.0 Å². The number of rotatable bonds is 3. The monoisotopic (exact) mass is 234 g/mol. The molecule has 60 valence electrons. The van der Waals surface area contributed by atoms with E-state index in [1.807, 2.05) is 5.38 Å². The molecule has 0 atom stereocenters. The highest BCUT2D eigenvalue weighted by Gasteiger charge is 2.11. The normalized spacial score (nSPS) is 9.64. The number of hydrogen-bond donors (Lipinski definition) is 0. The molecule has 0 radical (unpaired) electrons. The topological polar surface area (TPSA) is 26.3 Å². The van der Waals surface area contributed by atoms with E-state index in [-0.39, 0.29) is 5.78 Å². The minimum Gasteiger partial charge on any atom is -0.495 e. The fourth-order valence-electron chi connectivity index (χ4n) is 0.722. The van der Waals surface area contributed by atoms with Crippen LogP contribution in [0.3, 0.4) is 0 Å². The molecule has 0 aromatic carbocycles. The summed E-state index contributed by atoms with van der Waals surface area (Å²) in [6.45, 7) is 0. The molecule has 0 amide bonds. The molecule has 0 spiro atoms. The Morgan fingerprint density at radius 3 is 3.09 bits per heavy atom. The van der Waals surface area contributed by atoms with Crippen LogP contribution in [0.4, 0.5) is 0 Å². The van der Waals surface area contributed by atoms with Crippen LogP contribution in [0.15, 0.2) is 11.4 Å². The molecule has 0 saturated carbocycles. The van der Waals surface area contributed by atoms with Crippen LogP contribution in [0.25, 0.3) is 0 Å². The number of hydrogen-bond acceptors (Lipinski definition) is 3. The Bertz CT molecular complexity index is 257. The number of alkyl halides is 1. The average Bonchev–Trinajstić information content (AvgIpc) is 2.50. The number of methoxy groups -OCH3 is 1. The van der Waals surface area contributed by atoms with E-state index in [2.05, 4.69) is 15.9 Å². The van der Waals surface area contributed by atoms with Crippen molar-refractivity contribution < 1.29 is 9.53 Å². The van der Waals surface area contributed by atoms with Gasteiger partial charge in [-0.25, -0.2) is 0 Å². The molecule has 2 nitrogen and oxygen atoms in total. The number of carbonyl (C=O) groups is 1. The van der Waals surface area contributed by atoms with Crippen molar-refractivity contribution in [3.8, 4) is 5.75 Å². The van der Waals surface area contributed by atoms with Gasteiger partial charge in [-0.15, -0.1) is 11.3 Å². The molecule has 1 aromatic rings. The molecule has 0 N–H and O–H groups in total. The molecule has 4 heteroatoms. The van der Waals surface area contributed by atoms with Crippen molar-refractivity contribution in [3.05, 3.63) is 16.3 Å². The standard InChI is InChI=1S/C7H7BrO2S/c1-10-6-2-3-11-7(6)5(9)4-8/h2-3H,4H2,1H3. The van der Waals surface area contributed by atoms with Gasteiger partial charge in [0.1, 0.15) is 10.6 Å². The van der Waals surface area contributed by atoms with Gasteiger partial charge in [0, 0.05) is 0 Å². The van der Waals surface area contributed by atoms with Crippen LogP contribution >= 0.6 is 27.3 Å². The quantitative estimate of drug-likeness (QED) is 0.593. The van der Waals surface area contributed by atoms with Crippen LogP contribution in [-0.2, 0) is 0 Å². The van der Waals surface area contributed by atoms with Gasteiger partial charge in [0.15, 0.2) is 5.78 Å². The summed E-state index contributed by atoms with van der Waals surface area (Å²) < 4.78 is 4.98. The lowest BCUT2D eigenvalue weighted by molar-refractivity contribution is 0.102. The summed E-state index contributed by atoms with van der Waals surface area (Å²) in [4.78, 5) is 11.8. The van der Waals surface area contributed by atoms with Gasteiger partial charge in [0.25, 0.3) is 0 Å². The molecule has 0 aliphatic carbocycles. The van der Waals surface area contributed by atoms with Crippen molar-refractivity contribution in [1.29, 1.82) is 0 Å². The van der Waals surface area contributed by atoms with Crippen LogP contribution < -0.4 is 4.74 Å². The van der Waals surface area contributed by atoms with E-state index < -0.39 is 0 Å². The second-order valence-corrected chi connectivity index (χ2v) is 3.35. The van der Waals surface area contributed by atoms with E-state index in [1.54, 1.807) is 13.2 Å². The third-order valence-electron chi connectivity index (χ3n) is 1.22. The zero-order valence-electron chi connectivity index (χ0n) is 5.96. The number of thiophene rings is 1. The highest BCUT2D eigenvalue weighted by atomic mass is 79.9. The molecule has 0 unspecified atom stereocenters. The number of halogens is 1. The lowest BCUT2D eigenvalue weighted by atomic mass is 10.3. The smallest absolute Gasteiger partial charge is 0.187 e. The van der Waals surface area contributed by atoms with Crippen molar-refractivity contribution in [3.63, 3.8) is 0 Å². The second kappa shape index (κ2) is 3.88. The van der Waals surface area contributed by atoms with Crippen LogP contribution in [0.5, 0.6) is 5.75 Å². The molecular formula is C7H7BrO2S. The van der Waals surface area contributed by atoms with E-state index >= 15 is 0 Å². The van der Waals surface area contributed by atoms with E-state index in [4.69, 9.17) is 4.74 Å². The summed E-state index contributed by atoms with van der Waals surface area (Å²) in [7, 11) is 1.56. The average molecular weight is 235 g/mol. The Morgan fingerprint density at radius 1 is 1.82 bits per heavy atom. The maximum absolute atomic E-state index is 11.1. The summed E-state index contributed by atoms with van der Waals surface area (Å²) in [5.74, 6) is 0.733. The first-order valence-electron chi connectivity index (χ1n) is 3.00. The molecule has 1 aromatic heterocycles. The Hall–Kier alpha value is -0.350. The van der Waals surface area contributed by atoms with Crippen LogP contribution in [0, 0.1) is 0 Å². The molecule has 0 saturated heterocycles. The van der Waals surface area contributed by atoms with E-state index in [0.29, 0.717) is 16.0 Å². The molecular weight excluding hydrogens is 228 g/mol. The van der Waals surface area contributed by atoms with Gasteiger partial charge in [0.05, 0.1) is 12.4 Å². The minimum atomic E-state index is 0.0665. The summed E-state index contributed by atoms with van der Waals surface area (Å²) in [6, 6.07) is 1.79. The molecule has 1 rings (SSSR count). The lowest BCUT2D eigenvalue weighted by Crippen LogP contribution is -1.98. The zero-order valence-corrected chi connectivity index (χ0v) is 8.37. The van der Waals surface area contributed by atoms with Gasteiger partial charge in [-0.3, -0.25) is 4.79 Å². The minimum absolute atomic E-state index is 0.0665. The summed E-state index contributed by atoms with van der Waals surface area (Å²) in [5.41, 5.74) is 0. The largest absolute Gasteiger partial charge is 0.495 e. The molecule has 1 heterocycles. The van der Waals surface area contributed by atoms with Gasteiger partial charge in [-0.1, -0.05) is 15.9 Å². The summed E-state index contributed by atoms with van der Waals surface area (Å²) >= 11 is 4.50. The number of Topliss-reactive ketones (excluding diaryl/α,β-unsaturated/α-hetero) is 1. The van der Waals surface area contributed by atoms with Gasteiger partial charge < -0.3 is 4.74 Å². The first-order valence-corrected chi connectivity index (χ1v) is 5.00. The molecule has 0 bridgehead atoms. The fraction of sp³-hybridized carbons (Fsp3) is 0.286. The van der Waals surface area contributed by atoms with Crippen molar-refractivity contribution in [2.75, 3.05) is 12.4 Å². The molecule has 0 aliphatic rings. The van der Waals surface area contributed by atoms with Crippen LogP contribution in [0.2, 0.25) is 0 Å². The van der Waals surface area contributed by atoms with Crippen molar-refractivity contribution in [2.24, 2.45) is 0 Å². The Morgan fingerprint density at radius 2 is 2.55 bits per heavy atom. The van der Waals surface area contributed by atoms with E-state index in [0.717, 1.165) is 0 Å². The predicted molar refractivity (Wildman–Crippen MR) is 49.0 cm³/mol. The van der Waals surface area contributed by atoms with Crippen molar-refractivity contribution in [1.82, 2.24) is 0 Å². The fourth-order valence-corrected chi connectivity index (χ4v) is 1.99. The summed E-state index contributed by atoms with van der Waals surface area (Å²) in [5, 5.41) is 2.19. The molecule has 0 fully saturated rings. The number of ether oxygens (including phenoxy) is 1. The van der Waals surface area contributed by atoms with Crippen molar-refractivity contribution in [2.45, 2.75) is 0 Å². The Kier molecular flexibility index (Phi) is 3.08. The summed E-state index contributed by atoms with van der Waals surface area (Å²) in [6.07, 6.45) is 0. The number of ketones is 1. The van der Waals surface area contributed by atoms with Gasteiger partial charge in [-0.05, 0) is 11.4 Å². The van der Waals surface area contributed by atoms with Gasteiger partial charge in [0.2, 0.25) is 0 Å². The maximum Gasteiger partial charge on any atom is 0.187 e. The third-order valence-corrected chi connectivity index (χ3v) is 2.67. The lowest BCUT2D eigenvalue weighted by Gasteiger charge is -1.97. The predicted octanol–water partition coefficient (Wildman–Crippen LogP) is 2.33. The zero-order chi connectivity index (χ0) is 8.27. The van der Waals surface area contributed by atoms with Crippen LogP contribution in [-0.4, -0.2) is 18.2 Å². The maximum atomic E-state index is 11.1. The second-order valence-electron chi connectivity index (χ2n) is 1.87. The Balaban J connectivity index is 2.92. The van der Waals surface area contributed by atoms with E-state index in [9.17, 15) is 4.79 Å². The first-order chi connectivity index (χ1) is 5.29. The molecule has 0 aliphatic heterocycles. The number of carbonyl (C=O) groups excluding carboxylic acids is 1. The molecule has 11 heavy (non-hydrogen) atoms. The van der Waals surface area contributed by atoms with Crippen LogP contribution in [0.1, 0.15) is 9.67 Å². The van der Waals surface area contributed by atoms with Gasteiger partial charge in [-0.2, -0.15) is 0 Å². The third kappa shape index (κ3) is 1.81.